The van der Waals surface area contributed by atoms with Crippen LogP contribution >= 0.6 is 11.3 Å². The number of benzene rings is 8. The van der Waals surface area contributed by atoms with Gasteiger partial charge in [0.25, 0.3) is 0 Å². The van der Waals surface area contributed by atoms with Crippen LogP contribution in [0.1, 0.15) is 0 Å². The summed E-state index contributed by atoms with van der Waals surface area (Å²) in [5.74, 6) is 1.80. The molecule has 0 bridgehead atoms. The molecule has 11 aromatic rings. The molecular weight excluding hydrogens is 703 g/mol. The van der Waals surface area contributed by atoms with Crippen molar-refractivity contribution in [1.29, 1.82) is 0 Å². The van der Waals surface area contributed by atoms with Crippen molar-refractivity contribution in [1.82, 2.24) is 15.0 Å². The monoisotopic (exact) mass is 733 g/mol. The maximum absolute atomic E-state index is 6.77. The standard InChI is InChI=1S/C51H31N3OS/c1-4-13-32(14-5-1)37-27-38(33-15-6-2-7-16-33)29-39(28-37)51-53-49(34-17-8-3-9-18-34)52-50(54-51)36-23-25-41-43-21-12-20-40(48(43)55-45(41)31-36)35-24-26-47-44(30-35)42-19-10-11-22-46(42)56-47/h1-31H. The Balaban J connectivity index is 1.07. The van der Waals surface area contributed by atoms with Gasteiger partial charge < -0.3 is 4.42 Å². The molecule has 0 aliphatic carbocycles. The molecule has 0 atom stereocenters. The average Bonchev–Trinajstić information content (AvgIpc) is 3.85. The Bertz CT molecular complexity index is 3180. The third-order valence-corrected chi connectivity index (χ3v) is 11.7. The zero-order valence-corrected chi connectivity index (χ0v) is 30.9. The Morgan fingerprint density at radius 3 is 1.59 bits per heavy atom. The highest BCUT2D eigenvalue weighted by atomic mass is 32.1. The minimum Gasteiger partial charge on any atom is -0.455 e. The molecule has 56 heavy (non-hydrogen) atoms. The fourth-order valence-electron chi connectivity index (χ4n) is 7.76. The van der Waals surface area contributed by atoms with E-state index in [2.05, 4.69) is 146 Å². The third-order valence-electron chi connectivity index (χ3n) is 10.5. The molecule has 11 rings (SSSR count). The van der Waals surface area contributed by atoms with E-state index in [-0.39, 0.29) is 0 Å². The minimum atomic E-state index is 0.581. The van der Waals surface area contributed by atoms with Gasteiger partial charge >= 0.3 is 0 Å². The van der Waals surface area contributed by atoms with E-state index >= 15 is 0 Å². The summed E-state index contributed by atoms with van der Waals surface area (Å²) in [5, 5.41) is 4.68. The lowest BCUT2D eigenvalue weighted by atomic mass is 9.96. The molecule has 0 saturated heterocycles. The second kappa shape index (κ2) is 13.3. The highest BCUT2D eigenvalue weighted by molar-refractivity contribution is 7.25. The fourth-order valence-corrected chi connectivity index (χ4v) is 8.85. The van der Waals surface area contributed by atoms with Crippen molar-refractivity contribution in [2.24, 2.45) is 0 Å². The number of rotatable bonds is 6. The zero-order valence-electron chi connectivity index (χ0n) is 30.1. The van der Waals surface area contributed by atoms with E-state index in [4.69, 9.17) is 19.4 Å². The predicted octanol–water partition coefficient (Wildman–Crippen LogP) is 14.1. The van der Waals surface area contributed by atoms with Crippen molar-refractivity contribution in [3.8, 4) is 67.5 Å². The van der Waals surface area contributed by atoms with Gasteiger partial charge in [0, 0.05) is 53.2 Å². The molecule has 262 valence electrons. The number of hydrogen-bond donors (Lipinski definition) is 0. The molecule has 0 spiro atoms. The highest BCUT2D eigenvalue weighted by Crippen LogP contribution is 2.41. The van der Waals surface area contributed by atoms with Crippen LogP contribution in [0.3, 0.4) is 0 Å². The van der Waals surface area contributed by atoms with Gasteiger partial charge in [-0.3, -0.25) is 0 Å². The van der Waals surface area contributed by atoms with Gasteiger partial charge in [-0.1, -0.05) is 140 Å². The van der Waals surface area contributed by atoms with Gasteiger partial charge in [-0.2, -0.15) is 0 Å². The van der Waals surface area contributed by atoms with Crippen LogP contribution in [0.15, 0.2) is 192 Å². The van der Waals surface area contributed by atoms with Gasteiger partial charge in [0.1, 0.15) is 11.2 Å². The third kappa shape index (κ3) is 5.65. The lowest BCUT2D eigenvalue weighted by Crippen LogP contribution is -2.00. The molecule has 3 aromatic heterocycles. The summed E-state index contributed by atoms with van der Waals surface area (Å²) in [6.07, 6.45) is 0. The predicted molar refractivity (Wildman–Crippen MR) is 233 cm³/mol. The Kier molecular flexibility index (Phi) is 7.64. The van der Waals surface area contributed by atoms with Gasteiger partial charge in [-0.25, -0.2) is 15.0 Å². The number of furan rings is 1. The van der Waals surface area contributed by atoms with Crippen LogP contribution in [0.4, 0.5) is 0 Å². The first-order valence-corrected chi connectivity index (χ1v) is 19.5. The summed E-state index contributed by atoms with van der Waals surface area (Å²) in [6.45, 7) is 0. The number of aromatic nitrogens is 3. The summed E-state index contributed by atoms with van der Waals surface area (Å²) in [7, 11) is 0. The summed E-state index contributed by atoms with van der Waals surface area (Å²) in [6, 6.07) is 65.7. The number of fused-ring (bicyclic) bond motifs is 6. The largest absolute Gasteiger partial charge is 0.455 e. The maximum atomic E-state index is 6.77. The van der Waals surface area contributed by atoms with Crippen LogP contribution in [0, 0.1) is 0 Å². The van der Waals surface area contributed by atoms with Gasteiger partial charge in [0.05, 0.1) is 0 Å². The minimum absolute atomic E-state index is 0.581. The first-order valence-electron chi connectivity index (χ1n) is 18.7. The second-order valence-corrected chi connectivity index (χ2v) is 15.1. The van der Waals surface area contributed by atoms with Crippen LogP contribution in [0.25, 0.3) is 110 Å². The van der Waals surface area contributed by atoms with Crippen molar-refractivity contribution in [2.75, 3.05) is 0 Å². The van der Waals surface area contributed by atoms with Gasteiger partial charge in [0.15, 0.2) is 17.5 Å². The molecule has 0 N–H and O–H groups in total. The number of hydrogen-bond acceptors (Lipinski definition) is 5. The SMILES string of the molecule is c1ccc(-c2cc(-c3ccccc3)cc(-c3nc(-c4ccccc4)nc(-c4ccc5c(c4)oc4c(-c6ccc7sc8ccccc8c7c6)cccc45)n3)c2)cc1. The second-order valence-electron chi connectivity index (χ2n) is 14.0. The molecule has 0 aliphatic heterocycles. The summed E-state index contributed by atoms with van der Waals surface area (Å²) in [5.41, 5.74) is 11.0. The van der Waals surface area contributed by atoms with Crippen LogP contribution in [-0.2, 0) is 0 Å². The Labute approximate surface area is 327 Å². The molecular formula is C51H31N3OS. The summed E-state index contributed by atoms with van der Waals surface area (Å²) < 4.78 is 9.35. The Morgan fingerprint density at radius 2 is 0.875 bits per heavy atom. The fraction of sp³-hybridized carbons (Fsp3) is 0. The van der Waals surface area contributed by atoms with E-state index in [0.29, 0.717) is 17.5 Å². The molecule has 8 aromatic carbocycles. The lowest BCUT2D eigenvalue weighted by Gasteiger charge is -2.12. The molecule has 0 fully saturated rings. The van der Waals surface area contributed by atoms with Crippen LogP contribution in [0.2, 0.25) is 0 Å². The molecule has 5 heteroatoms. The van der Waals surface area contributed by atoms with Crippen molar-refractivity contribution in [3.63, 3.8) is 0 Å². The zero-order chi connectivity index (χ0) is 37.0. The number of nitrogens with zero attached hydrogens (tertiary/aromatic N) is 3. The van der Waals surface area contributed by atoms with E-state index in [1.807, 2.05) is 53.8 Å². The summed E-state index contributed by atoms with van der Waals surface area (Å²) in [4.78, 5) is 15.4. The lowest BCUT2D eigenvalue weighted by molar-refractivity contribution is 0.670. The smallest absolute Gasteiger partial charge is 0.164 e. The van der Waals surface area contributed by atoms with Crippen LogP contribution in [0.5, 0.6) is 0 Å². The van der Waals surface area contributed by atoms with Crippen molar-refractivity contribution in [3.05, 3.63) is 188 Å². The molecule has 0 amide bonds. The molecule has 0 aliphatic rings. The van der Waals surface area contributed by atoms with E-state index < -0.39 is 0 Å². The maximum Gasteiger partial charge on any atom is 0.164 e. The molecule has 0 unspecified atom stereocenters. The van der Waals surface area contributed by atoms with E-state index in [1.165, 1.54) is 20.2 Å². The van der Waals surface area contributed by atoms with Crippen LogP contribution < -0.4 is 0 Å². The number of para-hydroxylation sites is 1. The van der Waals surface area contributed by atoms with Crippen molar-refractivity contribution < 1.29 is 4.42 Å². The molecule has 0 radical (unpaired) electrons. The quantitative estimate of drug-likeness (QED) is 0.171. The molecule has 3 heterocycles. The van der Waals surface area contributed by atoms with Gasteiger partial charge in [0.2, 0.25) is 0 Å². The van der Waals surface area contributed by atoms with Crippen molar-refractivity contribution in [2.45, 2.75) is 0 Å². The highest BCUT2D eigenvalue weighted by Gasteiger charge is 2.18. The summed E-state index contributed by atoms with van der Waals surface area (Å²) >= 11 is 1.83. The van der Waals surface area contributed by atoms with E-state index in [1.54, 1.807) is 0 Å². The molecule has 4 nitrogen and oxygen atoms in total. The number of thiophene rings is 1. The Morgan fingerprint density at radius 1 is 0.321 bits per heavy atom. The van der Waals surface area contributed by atoms with Gasteiger partial charge in [-0.15, -0.1) is 11.3 Å². The van der Waals surface area contributed by atoms with Crippen LogP contribution in [-0.4, -0.2) is 15.0 Å². The van der Waals surface area contributed by atoms with E-state index in [9.17, 15) is 0 Å². The van der Waals surface area contributed by atoms with Crippen molar-refractivity contribution >= 4 is 53.4 Å². The first kappa shape index (κ1) is 32.2. The average molecular weight is 734 g/mol. The first-order chi connectivity index (χ1) is 27.7. The molecule has 0 saturated carbocycles. The Hall–Kier alpha value is -7.21. The topological polar surface area (TPSA) is 51.8 Å². The normalized spacial score (nSPS) is 11.6. The van der Waals surface area contributed by atoms with Gasteiger partial charge in [-0.05, 0) is 76.3 Å². The van der Waals surface area contributed by atoms with E-state index in [0.717, 1.165) is 72.0 Å².